The van der Waals surface area contributed by atoms with E-state index in [1.165, 1.54) is 0 Å². The van der Waals surface area contributed by atoms with Gasteiger partial charge in [0.05, 0.1) is 0 Å². The van der Waals surface area contributed by atoms with E-state index in [1.54, 1.807) is 0 Å². The normalized spacial score (nSPS) is 11.2. The molecule has 0 aromatic carbocycles. The summed E-state index contributed by atoms with van der Waals surface area (Å²) in [5.74, 6) is -0.701. The Morgan fingerprint density at radius 3 is 2.25 bits per heavy atom. The minimum atomic E-state index is -3.55. The van der Waals surface area contributed by atoms with Crippen molar-refractivity contribution in [3.8, 4) is 0 Å². The number of hydrogen-bond acceptors (Lipinski definition) is 3. The van der Waals surface area contributed by atoms with Gasteiger partial charge in [-0.3, -0.25) is 0 Å². The average molecular weight is 192 g/mol. The summed E-state index contributed by atoms with van der Waals surface area (Å²) in [5, 5.41) is 0. The molecule has 0 heterocycles. The van der Waals surface area contributed by atoms with Crippen LogP contribution in [-0.2, 0) is 12.3 Å². The Morgan fingerprint density at radius 2 is 2.25 bits per heavy atom. The van der Waals surface area contributed by atoms with Crippen molar-refractivity contribution in [2.75, 3.05) is 0 Å². The predicted molar refractivity (Wildman–Crippen MR) is 22.9 cm³/mol. The molecular weight excluding hydrogens is 186 g/mol. The van der Waals surface area contributed by atoms with E-state index in [0.717, 1.165) is 6.92 Å². The molecule has 6 heteroatoms. The molecule has 1 unspecified atom stereocenters. The van der Waals surface area contributed by atoms with Gasteiger partial charge in [0.25, 0.3) is 0 Å². The number of rotatable bonds is 1. The summed E-state index contributed by atoms with van der Waals surface area (Å²) in [6.45, 7) is 1.08. The average Bonchev–Trinajstić information content (AvgIpc) is 1.27. The van der Waals surface area contributed by atoms with E-state index in [0.29, 0.717) is 0 Å². The molecule has 0 amide bonds. The van der Waals surface area contributed by atoms with Gasteiger partial charge in [-0.25, -0.2) is 0 Å². The third-order valence-electron chi connectivity index (χ3n) is 0.231. The number of hydrogen-bond donors (Lipinski definition) is 1. The van der Waals surface area contributed by atoms with Crippen LogP contribution in [0.2, 0.25) is 0 Å². The van der Waals surface area contributed by atoms with E-state index in [-0.39, 0.29) is 31.0 Å². The molecular formula is C2H6AsNaO4. The zero-order valence-corrected chi connectivity index (χ0v) is 8.77. The second kappa shape index (κ2) is 5.92. The first-order chi connectivity index (χ1) is 3.13. The molecule has 0 saturated carbocycles. The Hall–Kier alpha value is 0.788. The molecule has 0 radical (unpaired) electrons. The van der Waals surface area contributed by atoms with Crippen molar-refractivity contribution in [3.63, 3.8) is 0 Å². The van der Waals surface area contributed by atoms with Crippen LogP contribution in [0.1, 0.15) is 8.35 Å². The van der Waals surface area contributed by atoms with Gasteiger partial charge >= 0.3 is 74.1 Å². The van der Waals surface area contributed by atoms with Crippen molar-refractivity contribution in [2.45, 2.75) is 6.92 Å². The fourth-order valence-corrected chi connectivity index (χ4v) is 0.639. The van der Waals surface area contributed by atoms with Crippen molar-refractivity contribution < 1.29 is 47.3 Å². The largest absolute Gasteiger partial charge is 1.00 e. The van der Waals surface area contributed by atoms with Crippen LogP contribution in [0.3, 0.4) is 0 Å². The first kappa shape index (κ1) is 11.6. The fourth-order valence-electron chi connectivity index (χ4n) is 0.123. The number of carbonyl (C=O) groups excluding carboxylic acids is 1. The van der Waals surface area contributed by atoms with Gasteiger partial charge in [-0.05, 0) is 0 Å². The minimum absolute atomic E-state index is 0. The molecule has 0 aromatic rings. The van der Waals surface area contributed by atoms with E-state index in [2.05, 4.69) is 3.73 Å². The SMILES string of the molecule is CC(=O)O[AsH](=O)O.[H-].[Na+]. The zero-order chi connectivity index (χ0) is 5.86. The molecule has 0 fully saturated rings. The summed E-state index contributed by atoms with van der Waals surface area (Å²) in [6.07, 6.45) is 0. The molecule has 44 valence electrons. The topological polar surface area (TPSA) is 63.6 Å². The van der Waals surface area contributed by atoms with E-state index < -0.39 is 21.2 Å². The van der Waals surface area contributed by atoms with Crippen LogP contribution >= 0.6 is 0 Å². The third-order valence-corrected chi connectivity index (χ3v) is 1.20. The van der Waals surface area contributed by atoms with Gasteiger partial charge < -0.3 is 1.43 Å². The van der Waals surface area contributed by atoms with Gasteiger partial charge in [-0.1, -0.05) is 0 Å². The first-order valence-corrected chi connectivity index (χ1v) is 4.19. The second-order valence-electron chi connectivity index (χ2n) is 0.860. The van der Waals surface area contributed by atoms with Gasteiger partial charge in [0.15, 0.2) is 0 Å². The molecule has 1 atom stereocenters. The molecule has 0 saturated heterocycles. The van der Waals surface area contributed by atoms with E-state index in [1.807, 2.05) is 0 Å². The van der Waals surface area contributed by atoms with Crippen LogP contribution in [0.4, 0.5) is 0 Å². The Labute approximate surface area is 75.2 Å². The van der Waals surface area contributed by atoms with Crippen molar-refractivity contribution >= 4 is 21.2 Å². The molecule has 0 aromatic heterocycles. The molecule has 0 aliphatic heterocycles. The Morgan fingerprint density at radius 1 is 1.88 bits per heavy atom. The molecule has 1 N–H and O–H groups in total. The molecule has 4 nitrogen and oxygen atoms in total. The monoisotopic (exact) mass is 192 g/mol. The van der Waals surface area contributed by atoms with Crippen molar-refractivity contribution in [1.29, 1.82) is 0 Å². The van der Waals surface area contributed by atoms with E-state index in [9.17, 15) is 8.53 Å². The maximum atomic E-state index is 9.71. The molecule has 0 spiro atoms. The molecule has 0 aliphatic rings. The van der Waals surface area contributed by atoms with Gasteiger partial charge in [0.2, 0.25) is 0 Å². The van der Waals surface area contributed by atoms with Crippen LogP contribution in [0, 0.1) is 0 Å². The van der Waals surface area contributed by atoms with Crippen molar-refractivity contribution in [1.82, 2.24) is 0 Å². The van der Waals surface area contributed by atoms with Gasteiger partial charge in [0, 0.05) is 0 Å². The van der Waals surface area contributed by atoms with Crippen LogP contribution in [0.5, 0.6) is 0 Å². The summed E-state index contributed by atoms with van der Waals surface area (Å²) >= 11 is -3.55. The third kappa shape index (κ3) is 9.92. The number of carbonyl (C=O) groups is 1. The summed E-state index contributed by atoms with van der Waals surface area (Å²) < 4.78 is 21.3. The summed E-state index contributed by atoms with van der Waals surface area (Å²) in [6, 6.07) is 0. The second-order valence-corrected chi connectivity index (χ2v) is 2.40. The van der Waals surface area contributed by atoms with Crippen LogP contribution < -0.4 is 29.6 Å². The van der Waals surface area contributed by atoms with Crippen LogP contribution in [0.25, 0.3) is 0 Å². The smallest absolute Gasteiger partial charge is 1.00 e. The minimum Gasteiger partial charge on any atom is -1.00 e. The zero-order valence-electron chi connectivity index (χ0n) is 5.67. The van der Waals surface area contributed by atoms with Gasteiger partial charge in [0.1, 0.15) is 0 Å². The first-order valence-electron chi connectivity index (χ1n) is 1.54. The fraction of sp³-hybridized carbons (Fsp3) is 0.500. The Kier molecular flexibility index (Phi) is 8.56. The van der Waals surface area contributed by atoms with Crippen LogP contribution in [-0.4, -0.2) is 25.3 Å². The standard InChI is InChI=1S/C2H5AsO4.Na.H/c1-2(4)7-3(5)6;;/h3H,1H3,(H,5,6);;/q;+1;-1. The summed E-state index contributed by atoms with van der Waals surface area (Å²) in [7, 11) is 0. The van der Waals surface area contributed by atoms with E-state index in [4.69, 9.17) is 4.10 Å². The molecule has 0 bridgehead atoms. The Bertz CT molecular complexity index is 94.7. The Balaban J connectivity index is -0.000000180. The summed E-state index contributed by atoms with van der Waals surface area (Å²) in [5.41, 5.74) is 0. The molecule has 0 aliphatic carbocycles. The molecule has 8 heavy (non-hydrogen) atoms. The van der Waals surface area contributed by atoms with Crippen molar-refractivity contribution in [3.05, 3.63) is 0 Å². The maximum absolute atomic E-state index is 9.71. The maximum Gasteiger partial charge on any atom is 1.00 e. The molecule has 0 rings (SSSR count). The van der Waals surface area contributed by atoms with Crippen molar-refractivity contribution in [2.24, 2.45) is 0 Å². The summed E-state index contributed by atoms with van der Waals surface area (Å²) in [4.78, 5) is 9.71. The predicted octanol–water partition coefficient (Wildman–Crippen LogP) is -4.19. The quantitative estimate of drug-likeness (QED) is 0.428. The van der Waals surface area contributed by atoms with Gasteiger partial charge in [-0.15, -0.1) is 0 Å². The van der Waals surface area contributed by atoms with Crippen LogP contribution in [0.15, 0.2) is 0 Å². The van der Waals surface area contributed by atoms with Gasteiger partial charge in [-0.2, -0.15) is 0 Å². The van der Waals surface area contributed by atoms with E-state index >= 15 is 0 Å².